The lowest BCUT2D eigenvalue weighted by atomic mass is 10.1. The Morgan fingerprint density at radius 3 is 2.45 bits per heavy atom. The van der Waals surface area contributed by atoms with E-state index in [2.05, 4.69) is 26.6 Å². The van der Waals surface area contributed by atoms with E-state index in [1.54, 1.807) is 50.2 Å². The number of carbonyl (C=O) groups excluding carboxylic acids is 4. The van der Waals surface area contributed by atoms with Crippen LogP contribution in [0.15, 0.2) is 64.6 Å². The minimum Gasteiger partial charge on any atom is -0.490 e. The first-order valence-electron chi connectivity index (χ1n) is 12.2. The predicted octanol–water partition coefficient (Wildman–Crippen LogP) is 5.80. The fourth-order valence-electron chi connectivity index (χ4n) is 3.83. The number of nitrogens with one attached hydrogen (secondary N) is 2. The third-order valence-electron chi connectivity index (χ3n) is 5.84. The SMILES string of the molecule is CCOc1cc(/C=C2\C(=O)NC(=O)N(c3ccc(C)c(Cl)c3)C2=O)cc(Br)c1OCC(=O)Nc1ccc(C)cc1. The van der Waals surface area contributed by atoms with Gasteiger partial charge in [0.05, 0.1) is 16.8 Å². The van der Waals surface area contributed by atoms with Crippen molar-refractivity contribution in [3.05, 3.63) is 86.4 Å². The summed E-state index contributed by atoms with van der Waals surface area (Å²) in [5, 5.41) is 5.32. The van der Waals surface area contributed by atoms with E-state index >= 15 is 0 Å². The Labute approximate surface area is 244 Å². The predicted molar refractivity (Wildman–Crippen MR) is 156 cm³/mol. The molecule has 206 valence electrons. The molecule has 1 aliphatic rings. The van der Waals surface area contributed by atoms with Gasteiger partial charge >= 0.3 is 6.03 Å². The van der Waals surface area contributed by atoms with Crippen molar-refractivity contribution in [2.75, 3.05) is 23.4 Å². The zero-order chi connectivity index (χ0) is 29.0. The number of amides is 5. The molecule has 2 N–H and O–H groups in total. The van der Waals surface area contributed by atoms with E-state index in [0.717, 1.165) is 16.0 Å². The van der Waals surface area contributed by atoms with Gasteiger partial charge in [-0.25, -0.2) is 9.69 Å². The topological polar surface area (TPSA) is 114 Å². The van der Waals surface area contributed by atoms with Crippen LogP contribution >= 0.6 is 27.5 Å². The van der Waals surface area contributed by atoms with Gasteiger partial charge in [0.15, 0.2) is 18.1 Å². The van der Waals surface area contributed by atoms with Crippen LogP contribution in [0.3, 0.4) is 0 Å². The van der Waals surface area contributed by atoms with Crippen LogP contribution in [0.4, 0.5) is 16.2 Å². The molecule has 1 saturated heterocycles. The number of barbiturate groups is 1. The summed E-state index contributed by atoms with van der Waals surface area (Å²) < 4.78 is 11.9. The first-order valence-corrected chi connectivity index (χ1v) is 13.4. The quantitative estimate of drug-likeness (QED) is 0.241. The Kier molecular flexibility index (Phi) is 8.91. The Morgan fingerprint density at radius 1 is 1.05 bits per heavy atom. The highest BCUT2D eigenvalue weighted by atomic mass is 79.9. The normalized spacial score (nSPS) is 14.3. The van der Waals surface area contributed by atoms with Gasteiger partial charge in [0.1, 0.15) is 5.57 Å². The molecule has 1 fully saturated rings. The van der Waals surface area contributed by atoms with Crippen molar-refractivity contribution >= 4 is 68.7 Å². The number of imide groups is 2. The van der Waals surface area contributed by atoms with Crippen LogP contribution < -0.4 is 25.0 Å². The standard InChI is InChI=1S/C29H25BrClN3O6/c1-4-39-24-13-18(12-22(30)26(24)40-15-25(35)32-19-8-5-16(2)6-9-19)11-21-27(36)33-29(38)34(28(21)37)20-10-7-17(3)23(31)14-20/h5-14H,4,15H2,1-3H3,(H,32,35)(H,33,36,38)/b21-11+. The van der Waals surface area contributed by atoms with E-state index in [9.17, 15) is 19.2 Å². The molecular weight excluding hydrogens is 602 g/mol. The van der Waals surface area contributed by atoms with E-state index in [-0.39, 0.29) is 41.9 Å². The molecule has 9 nitrogen and oxygen atoms in total. The van der Waals surface area contributed by atoms with Crippen LogP contribution in [0.1, 0.15) is 23.6 Å². The van der Waals surface area contributed by atoms with Crippen molar-refractivity contribution in [2.45, 2.75) is 20.8 Å². The van der Waals surface area contributed by atoms with Gasteiger partial charge in [-0.15, -0.1) is 0 Å². The molecule has 0 atom stereocenters. The van der Waals surface area contributed by atoms with Crippen molar-refractivity contribution in [3.63, 3.8) is 0 Å². The lowest BCUT2D eigenvalue weighted by Crippen LogP contribution is -2.54. The minimum atomic E-state index is -0.879. The molecule has 3 aromatic rings. The third kappa shape index (κ3) is 6.52. The summed E-state index contributed by atoms with van der Waals surface area (Å²) in [7, 11) is 0. The molecule has 4 rings (SSSR count). The summed E-state index contributed by atoms with van der Waals surface area (Å²) in [5.74, 6) is -1.46. The van der Waals surface area contributed by atoms with Crippen molar-refractivity contribution in [1.82, 2.24) is 5.32 Å². The monoisotopic (exact) mass is 625 g/mol. The first kappa shape index (κ1) is 28.8. The molecule has 3 aromatic carbocycles. The van der Waals surface area contributed by atoms with Gasteiger partial charge in [-0.05, 0) is 90.3 Å². The van der Waals surface area contributed by atoms with E-state index in [0.29, 0.717) is 20.7 Å². The van der Waals surface area contributed by atoms with Crippen LogP contribution in [0.2, 0.25) is 5.02 Å². The maximum atomic E-state index is 13.3. The van der Waals surface area contributed by atoms with Crippen LogP contribution in [-0.4, -0.2) is 37.0 Å². The summed E-state index contributed by atoms with van der Waals surface area (Å²) in [6.45, 7) is 5.52. The van der Waals surface area contributed by atoms with Gasteiger partial charge < -0.3 is 14.8 Å². The second-order valence-electron chi connectivity index (χ2n) is 8.86. The van der Waals surface area contributed by atoms with Crippen LogP contribution in [-0.2, 0) is 14.4 Å². The molecule has 5 amide bonds. The van der Waals surface area contributed by atoms with Crippen LogP contribution in [0, 0.1) is 13.8 Å². The van der Waals surface area contributed by atoms with Crippen molar-refractivity contribution in [2.24, 2.45) is 0 Å². The van der Waals surface area contributed by atoms with E-state index in [1.165, 1.54) is 12.1 Å². The molecule has 0 saturated carbocycles. The second kappa shape index (κ2) is 12.4. The zero-order valence-electron chi connectivity index (χ0n) is 21.8. The lowest BCUT2D eigenvalue weighted by Gasteiger charge is -2.26. The Hall–Kier alpha value is -4.15. The van der Waals surface area contributed by atoms with Crippen molar-refractivity contribution < 1.29 is 28.7 Å². The summed E-state index contributed by atoms with van der Waals surface area (Å²) in [5.41, 5.74) is 2.85. The number of rotatable bonds is 8. The first-order chi connectivity index (χ1) is 19.1. The molecule has 0 aliphatic carbocycles. The second-order valence-corrected chi connectivity index (χ2v) is 10.1. The fraction of sp³-hybridized carbons (Fsp3) is 0.172. The number of nitrogens with zero attached hydrogens (tertiary/aromatic N) is 1. The van der Waals surface area contributed by atoms with E-state index in [4.69, 9.17) is 21.1 Å². The van der Waals surface area contributed by atoms with Gasteiger partial charge in [0.25, 0.3) is 17.7 Å². The fourth-order valence-corrected chi connectivity index (χ4v) is 4.57. The molecular formula is C29H25BrClN3O6. The highest BCUT2D eigenvalue weighted by Crippen LogP contribution is 2.38. The molecule has 1 heterocycles. The van der Waals surface area contributed by atoms with Crippen molar-refractivity contribution in [3.8, 4) is 11.5 Å². The van der Waals surface area contributed by atoms with Crippen LogP contribution in [0.25, 0.3) is 6.08 Å². The lowest BCUT2D eigenvalue weighted by molar-refractivity contribution is -0.122. The molecule has 40 heavy (non-hydrogen) atoms. The largest absolute Gasteiger partial charge is 0.490 e. The number of carbonyl (C=O) groups is 4. The number of benzene rings is 3. The average Bonchev–Trinajstić information content (AvgIpc) is 2.89. The van der Waals surface area contributed by atoms with Gasteiger partial charge in [-0.3, -0.25) is 19.7 Å². The van der Waals surface area contributed by atoms with Crippen molar-refractivity contribution in [1.29, 1.82) is 0 Å². The number of anilines is 2. The van der Waals surface area contributed by atoms with E-state index in [1.807, 2.05) is 19.1 Å². The van der Waals surface area contributed by atoms with Gasteiger partial charge in [0, 0.05) is 10.7 Å². The number of hydrogen-bond acceptors (Lipinski definition) is 6. The molecule has 1 aliphatic heterocycles. The smallest absolute Gasteiger partial charge is 0.335 e. The molecule has 0 unspecified atom stereocenters. The zero-order valence-corrected chi connectivity index (χ0v) is 24.2. The summed E-state index contributed by atoms with van der Waals surface area (Å²) in [6.07, 6.45) is 1.34. The van der Waals surface area contributed by atoms with Gasteiger partial charge in [-0.2, -0.15) is 0 Å². The number of aryl methyl sites for hydroxylation is 2. The molecule has 11 heteroatoms. The third-order valence-corrected chi connectivity index (χ3v) is 6.84. The number of urea groups is 1. The average molecular weight is 627 g/mol. The van der Waals surface area contributed by atoms with Crippen LogP contribution in [0.5, 0.6) is 11.5 Å². The molecule has 0 bridgehead atoms. The van der Waals surface area contributed by atoms with Gasteiger partial charge in [-0.1, -0.05) is 35.4 Å². The molecule has 0 aromatic heterocycles. The Balaban J connectivity index is 1.58. The number of hydrogen-bond donors (Lipinski definition) is 2. The maximum Gasteiger partial charge on any atom is 0.335 e. The number of ether oxygens (including phenoxy) is 2. The Morgan fingerprint density at radius 2 is 1.77 bits per heavy atom. The maximum absolute atomic E-state index is 13.3. The Bertz CT molecular complexity index is 1540. The molecule has 0 spiro atoms. The van der Waals surface area contributed by atoms with E-state index < -0.39 is 17.8 Å². The summed E-state index contributed by atoms with van der Waals surface area (Å²) >= 11 is 9.62. The summed E-state index contributed by atoms with van der Waals surface area (Å²) in [4.78, 5) is 51.7. The highest BCUT2D eigenvalue weighted by Gasteiger charge is 2.37. The molecule has 0 radical (unpaired) electrons. The minimum absolute atomic E-state index is 0.223. The summed E-state index contributed by atoms with van der Waals surface area (Å²) in [6, 6.07) is 14.4. The number of halogens is 2. The van der Waals surface area contributed by atoms with Gasteiger partial charge in [0.2, 0.25) is 0 Å². The highest BCUT2D eigenvalue weighted by molar-refractivity contribution is 9.10.